The third kappa shape index (κ3) is 4.10. The molecule has 0 aliphatic heterocycles. The molecule has 0 heterocycles. The summed E-state index contributed by atoms with van der Waals surface area (Å²) in [5.41, 5.74) is 1.90. The number of methoxy groups -OCH3 is 1. The summed E-state index contributed by atoms with van der Waals surface area (Å²) < 4.78 is 7.28. The fourth-order valence-corrected chi connectivity index (χ4v) is 8.28. The van der Waals surface area contributed by atoms with Gasteiger partial charge in [-0.05, 0) is 54.6 Å². The molecule has 0 amide bonds. The molecule has 0 aromatic heterocycles. The topological polar surface area (TPSA) is 9.23 Å². The monoisotopic (exact) mass is 452 g/mol. The van der Waals surface area contributed by atoms with Crippen LogP contribution < -0.4 is 10.6 Å². The first-order valence-electron chi connectivity index (χ1n) is 9.96. The van der Waals surface area contributed by atoms with Crippen molar-refractivity contribution >= 4 is 34.5 Å². The molecule has 0 spiro atoms. The molecule has 1 aliphatic carbocycles. The van der Waals surface area contributed by atoms with E-state index in [0.717, 1.165) is 4.47 Å². The molecule has 3 atom stereocenters. The molecule has 3 aromatic carbocycles. The van der Waals surface area contributed by atoms with Crippen LogP contribution in [-0.2, 0) is 4.74 Å². The van der Waals surface area contributed by atoms with Gasteiger partial charge in [-0.2, -0.15) is 0 Å². The van der Waals surface area contributed by atoms with Crippen LogP contribution in [0.2, 0.25) is 0 Å². The van der Waals surface area contributed by atoms with Crippen molar-refractivity contribution in [2.24, 2.45) is 5.92 Å². The van der Waals surface area contributed by atoms with Crippen molar-refractivity contribution in [1.29, 1.82) is 0 Å². The Hall–Kier alpha value is -1.47. The molecule has 1 nitrogen and oxygen atoms in total. The largest absolute Gasteiger partial charge is 0.376 e. The Balaban J connectivity index is 1.74. The molecule has 4 rings (SSSR count). The van der Waals surface area contributed by atoms with Crippen molar-refractivity contribution in [2.45, 2.75) is 31.0 Å². The van der Waals surface area contributed by atoms with Gasteiger partial charge in [-0.3, -0.25) is 0 Å². The molecule has 2 unspecified atom stereocenters. The molecule has 28 heavy (non-hydrogen) atoms. The number of benzene rings is 3. The number of hydrogen-bond acceptors (Lipinski definition) is 1. The van der Waals surface area contributed by atoms with Crippen molar-refractivity contribution in [2.75, 3.05) is 7.11 Å². The molecule has 1 fully saturated rings. The van der Waals surface area contributed by atoms with Crippen LogP contribution in [0.3, 0.4) is 0 Å². The van der Waals surface area contributed by atoms with Crippen LogP contribution in [0.1, 0.15) is 30.9 Å². The van der Waals surface area contributed by atoms with Crippen LogP contribution in [0.25, 0.3) is 0 Å². The number of ether oxygens (including phenoxy) is 1. The predicted octanol–water partition coefficient (Wildman–Crippen LogP) is 6.44. The molecule has 0 radical (unpaired) electrons. The van der Waals surface area contributed by atoms with E-state index in [1.165, 1.54) is 35.4 Å². The van der Waals surface area contributed by atoms with Crippen LogP contribution >= 0.6 is 23.9 Å². The number of rotatable bonds is 6. The lowest BCUT2D eigenvalue weighted by Crippen LogP contribution is -2.29. The van der Waals surface area contributed by atoms with E-state index in [2.05, 4.69) is 101 Å². The summed E-state index contributed by atoms with van der Waals surface area (Å²) >= 11 is 3.76. The van der Waals surface area contributed by atoms with E-state index in [9.17, 15) is 0 Å². The van der Waals surface area contributed by atoms with Crippen LogP contribution in [-0.4, -0.2) is 12.8 Å². The lowest BCUT2D eigenvalue weighted by atomic mass is 9.94. The first kappa shape index (κ1) is 19.8. The van der Waals surface area contributed by atoms with Gasteiger partial charge in [0, 0.05) is 11.6 Å². The highest BCUT2D eigenvalue weighted by molar-refractivity contribution is 9.10. The molecule has 0 N–H and O–H groups in total. The van der Waals surface area contributed by atoms with E-state index < -0.39 is 7.92 Å². The fraction of sp³-hybridized carbons (Fsp3) is 0.280. The fourth-order valence-electron chi connectivity index (χ4n) is 4.59. The normalized spacial score (nSPS) is 20.4. The third-order valence-corrected chi connectivity index (χ3v) is 9.52. The van der Waals surface area contributed by atoms with E-state index >= 15 is 0 Å². The first-order valence-corrected chi connectivity index (χ1v) is 12.2. The van der Waals surface area contributed by atoms with Crippen molar-refractivity contribution in [3.05, 3.63) is 95.0 Å². The average Bonchev–Trinajstić information content (AvgIpc) is 3.21. The van der Waals surface area contributed by atoms with E-state index in [0.29, 0.717) is 11.6 Å². The molecule has 144 valence electrons. The quantitative estimate of drug-likeness (QED) is 0.391. The molecule has 0 saturated heterocycles. The average molecular weight is 453 g/mol. The van der Waals surface area contributed by atoms with Crippen LogP contribution in [0.15, 0.2) is 89.4 Å². The second-order valence-electron chi connectivity index (χ2n) is 7.38. The molecular formula is C25H26BrOP. The van der Waals surface area contributed by atoms with E-state index in [-0.39, 0.29) is 6.10 Å². The molecule has 3 aromatic rings. The molecule has 1 aliphatic rings. The Bertz CT molecular complexity index is 844. The van der Waals surface area contributed by atoms with Crippen LogP contribution in [0.4, 0.5) is 0 Å². The smallest absolute Gasteiger partial charge is 0.0866 e. The summed E-state index contributed by atoms with van der Waals surface area (Å²) in [6.07, 6.45) is 3.89. The number of halogens is 1. The molecule has 3 heteroatoms. The second kappa shape index (κ2) is 9.35. The predicted molar refractivity (Wildman–Crippen MR) is 124 cm³/mol. The Morgan fingerprint density at radius 2 is 1.39 bits per heavy atom. The van der Waals surface area contributed by atoms with Crippen molar-refractivity contribution < 1.29 is 4.74 Å². The number of hydrogen-bond donors (Lipinski definition) is 0. The van der Waals surface area contributed by atoms with Crippen molar-refractivity contribution in [3.63, 3.8) is 0 Å². The minimum Gasteiger partial charge on any atom is -0.376 e. The minimum atomic E-state index is -0.425. The van der Waals surface area contributed by atoms with Gasteiger partial charge in [0.05, 0.1) is 6.10 Å². The minimum absolute atomic E-state index is 0.125. The van der Waals surface area contributed by atoms with E-state index in [1.54, 1.807) is 0 Å². The second-order valence-corrected chi connectivity index (χ2v) is 10.7. The molecular weight excluding hydrogens is 427 g/mol. The zero-order valence-corrected chi connectivity index (χ0v) is 18.7. The highest BCUT2D eigenvalue weighted by Gasteiger charge is 2.40. The van der Waals surface area contributed by atoms with Gasteiger partial charge < -0.3 is 4.74 Å². The maximum absolute atomic E-state index is 6.13. The van der Waals surface area contributed by atoms with Gasteiger partial charge in [0.2, 0.25) is 0 Å². The maximum Gasteiger partial charge on any atom is 0.0866 e. The zero-order valence-electron chi connectivity index (χ0n) is 16.2. The molecule has 0 bridgehead atoms. The van der Waals surface area contributed by atoms with Gasteiger partial charge in [-0.25, -0.2) is 0 Å². The maximum atomic E-state index is 6.13. The zero-order chi connectivity index (χ0) is 19.3. The van der Waals surface area contributed by atoms with Crippen molar-refractivity contribution in [1.82, 2.24) is 0 Å². The Labute approximate surface area is 178 Å². The Morgan fingerprint density at radius 1 is 0.821 bits per heavy atom. The standard InChI is InChI=1S/C25H26BrOP/c1-27-25(21-15-8-9-17-23(21)26)22-16-10-18-24(22)28(19-11-4-2-5-12-19)20-13-6-3-7-14-20/h2-9,11-15,17,22,24-25H,10,16,18H2,1H3/t22?,24?,25-/m0/s1. The third-order valence-electron chi connectivity index (χ3n) is 5.79. The lowest BCUT2D eigenvalue weighted by Gasteiger charge is -2.34. The SMILES string of the molecule is CO[C@@H](c1ccccc1Br)C1CCCC1P(c1ccccc1)c1ccccc1. The first-order chi connectivity index (χ1) is 13.8. The highest BCUT2D eigenvalue weighted by atomic mass is 79.9. The lowest BCUT2D eigenvalue weighted by molar-refractivity contribution is 0.0545. The Kier molecular flexibility index (Phi) is 6.62. The van der Waals surface area contributed by atoms with E-state index in [1.807, 2.05) is 7.11 Å². The van der Waals surface area contributed by atoms with E-state index in [4.69, 9.17) is 4.74 Å². The van der Waals surface area contributed by atoms with Crippen molar-refractivity contribution in [3.8, 4) is 0 Å². The summed E-state index contributed by atoms with van der Waals surface area (Å²) in [7, 11) is 1.44. The van der Waals surface area contributed by atoms with Gasteiger partial charge in [-0.15, -0.1) is 0 Å². The van der Waals surface area contributed by atoms with Gasteiger partial charge >= 0.3 is 0 Å². The van der Waals surface area contributed by atoms with Gasteiger partial charge in [0.25, 0.3) is 0 Å². The van der Waals surface area contributed by atoms with Crippen LogP contribution in [0, 0.1) is 5.92 Å². The summed E-state index contributed by atoms with van der Waals surface area (Å²) in [6, 6.07) is 30.7. The van der Waals surface area contributed by atoms with Gasteiger partial charge in [0.15, 0.2) is 0 Å². The summed E-state index contributed by atoms with van der Waals surface area (Å²) in [5.74, 6) is 0.523. The Morgan fingerprint density at radius 3 is 1.96 bits per heavy atom. The molecule has 1 saturated carbocycles. The summed E-state index contributed by atoms with van der Waals surface area (Å²) in [4.78, 5) is 0. The van der Waals surface area contributed by atoms with Gasteiger partial charge in [0.1, 0.15) is 0 Å². The van der Waals surface area contributed by atoms with Gasteiger partial charge in [-0.1, -0.05) is 101 Å². The van der Waals surface area contributed by atoms with Crippen LogP contribution in [0.5, 0.6) is 0 Å². The summed E-state index contributed by atoms with van der Waals surface area (Å²) in [5, 5.41) is 2.95. The summed E-state index contributed by atoms with van der Waals surface area (Å²) in [6.45, 7) is 0. The highest BCUT2D eigenvalue weighted by Crippen LogP contribution is 2.54.